The first-order valence-corrected chi connectivity index (χ1v) is 8.54. The molecule has 1 atom stereocenters. The minimum atomic E-state index is -0.504. The van der Waals surface area contributed by atoms with Gasteiger partial charge in [0.2, 0.25) is 0 Å². The molecule has 3 nitrogen and oxygen atoms in total. The van der Waals surface area contributed by atoms with Gasteiger partial charge in [-0.3, -0.25) is 4.90 Å². The molecule has 0 radical (unpaired) electrons. The molecule has 2 fully saturated rings. The Kier molecular flexibility index (Phi) is 4.32. The smallest absolute Gasteiger partial charge is 0.399 e. The van der Waals surface area contributed by atoms with E-state index in [1.165, 1.54) is 6.42 Å². The van der Waals surface area contributed by atoms with Crippen LogP contribution in [-0.4, -0.2) is 36.3 Å². The average molecular weight is 319 g/mol. The SMILES string of the molecule is CC1CCN(Cc2ccc(B3OC(C)(C)C(C)(C)O3)cc2F)C1. The first-order chi connectivity index (χ1) is 10.7. The summed E-state index contributed by atoms with van der Waals surface area (Å²) in [4.78, 5) is 2.32. The van der Waals surface area contributed by atoms with Crippen LogP contribution in [0.3, 0.4) is 0 Å². The molecule has 126 valence electrons. The molecule has 0 spiro atoms. The van der Waals surface area contributed by atoms with Crippen molar-refractivity contribution in [1.29, 1.82) is 0 Å². The second-order valence-electron chi connectivity index (χ2n) is 8.07. The Morgan fingerprint density at radius 3 is 2.39 bits per heavy atom. The normalized spacial score (nSPS) is 26.9. The molecule has 3 rings (SSSR count). The summed E-state index contributed by atoms with van der Waals surface area (Å²) in [7, 11) is -0.504. The third-order valence-electron chi connectivity index (χ3n) is 5.50. The van der Waals surface area contributed by atoms with Crippen LogP contribution in [0.25, 0.3) is 0 Å². The van der Waals surface area contributed by atoms with Crippen molar-refractivity contribution < 1.29 is 13.7 Å². The highest BCUT2D eigenvalue weighted by atomic mass is 19.1. The number of hydrogen-bond acceptors (Lipinski definition) is 3. The van der Waals surface area contributed by atoms with Crippen molar-refractivity contribution in [3.63, 3.8) is 0 Å². The molecule has 5 heteroatoms. The van der Waals surface area contributed by atoms with Crippen LogP contribution in [-0.2, 0) is 15.9 Å². The Labute approximate surface area is 139 Å². The number of halogens is 1. The Hall–Kier alpha value is -0.905. The zero-order valence-corrected chi connectivity index (χ0v) is 14.9. The van der Waals surface area contributed by atoms with Crippen molar-refractivity contribution in [2.75, 3.05) is 13.1 Å². The summed E-state index contributed by atoms with van der Waals surface area (Å²) in [5.41, 5.74) is 0.691. The molecule has 1 unspecified atom stereocenters. The molecule has 0 saturated carbocycles. The van der Waals surface area contributed by atoms with Gasteiger partial charge in [0.25, 0.3) is 0 Å². The molecule has 2 aliphatic rings. The maximum absolute atomic E-state index is 14.5. The molecule has 0 bridgehead atoms. The molecule has 0 aliphatic carbocycles. The van der Waals surface area contributed by atoms with E-state index in [9.17, 15) is 4.39 Å². The van der Waals surface area contributed by atoms with Crippen molar-refractivity contribution in [2.45, 2.75) is 58.8 Å². The second-order valence-corrected chi connectivity index (χ2v) is 8.07. The number of likely N-dealkylation sites (tertiary alicyclic amines) is 1. The number of rotatable bonds is 3. The van der Waals surface area contributed by atoms with Gasteiger partial charge in [-0.2, -0.15) is 0 Å². The fourth-order valence-electron chi connectivity index (χ4n) is 3.23. The molecule has 1 aromatic carbocycles. The van der Waals surface area contributed by atoms with Gasteiger partial charge in [-0.25, -0.2) is 4.39 Å². The molecule has 2 heterocycles. The average Bonchev–Trinajstić information content (AvgIpc) is 2.93. The van der Waals surface area contributed by atoms with E-state index in [2.05, 4.69) is 11.8 Å². The van der Waals surface area contributed by atoms with Crippen LogP contribution in [0.5, 0.6) is 0 Å². The van der Waals surface area contributed by atoms with Gasteiger partial charge in [0.05, 0.1) is 11.2 Å². The van der Waals surface area contributed by atoms with E-state index >= 15 is 0 Å². The summed E-state index contributed by atoms with van der Waals surface area (Å²) in [6.45, 7) is 13.1. The maximum atomic E-state index is 14.5. The first kappa shape index (κ1) is 16.9. The van der Waals surface area contributed by atoms with Crippen LogP contribution in [0.2, 0.25) is 0 Å². The van der Waals surface area contributed by atoms with Gasteiger partial charge in [-0.15, -0.1) is 0 Å². The molecule has 0 amide bonds. The summed E-state index contributed by atoms with van der Waals surface area (Å²) < 4.78 is 26.5. The predicted octanol–water partition coefficient (Wildman–Crippen LogP) is 2.97. The summed E-state index contributed by atoms with van der Waals surface area (Å²) in [6, 6.07) is 5.37. The van der Waals surface area contributed by atoms with E-state index in [-0.39, 0.29) is 5.82 Å². The van der Waals surface area contributed by atoms with Crippen LogP contribution < -0.4 is 5.46 Å². The summed E-state index contributed by atoms with van der Waals surface area (Å²) >= 11 is 0. The quantitative estimate of drug-likeness (QED) is 0.800. The van der Waals surface area contributed by atoms with E-state index in [0.29, 0.717) is 12.5 Å². The highest BCUT2D eigenvalue weighted by Crippen LogP contribution is 2.36. The monoisotopic (exact) mass is 319 g/mol. The van der Waals surface area contributed by atoms with Crippen molar-refractivity contribution >= 4 is 12.6 Å². The van der Waals surface area contributed by atoms with E-state index in [0.717, 1.165) is 24.1 Å². The molecular weight excluding hydrogens is 292 g/mol. The third kappa shape index (κ3) is 3.33. The van der Waals surface area contributed by atoms with E-state index < -0.39 is 18.3 Å². The topological polar surface area (TPSA) is 21.7 Å². The van der Waals surface area contributed by atoms with Gasteiger partial charge >= 0.3 is 7.12 Å². The molecule has 2 aliphatic heterocycles. The lowest BCUT2D eigenvalue weighted by Crippen LogP contribution is -2.41. The van der Waals surface area contributed by atoms with Gasteiger partial charge in [0, 0.05) is 18.7 Å². The van der Waals surface area contributed by atoms with Crippen LogP contribution >= 0.6 is 0 Å². The van der Waals surface area contributed by atoms with Gasteiger partial charge < -0.3 is 9.31 Å². The van der Waals surface area contributed by atoms with E-state index in [1.807, 2.05) is 39.8 Å². The largest absolute Gasteiger partial charge is 0.494 e. The zero-order chi connectivity index (χ0) is 16.8. The van der Waals surface area contributed by atoms with Crippen molar-refractivity contribution in [3.8, 4) is 0 Å². The highest BCUT2D eigenvalue weighted by Gasteiger charge is 2.51. The van der Waals surface area contributed by atoms with Crippen LogP contribution in [0.15, 0.2) is 18.2 Å². The Morgan fingerprint density at radius 2 is 1.87 bits per heavy atom. The summed E-state index contributed by atoms with van der Waals surface area (Å²) in [5.74, 6) is 0.541. The van der Waals surface area contributed by atoms with E-state index in [4.69, 9.17) is 9.31 Å². The number of hydrogen-bond donors (Lipinski definition) is 0. The fraction of sp³-hybridized carbons (Fsp3) is 0.667. The van der Waals surface area contributed by atoms with Crippen molar-refractivity contribution in [3.05, 3.63) is 29.6 Å². The molecule has 2 saturated heterocycles. The van der Waals surface area contributed by atoms with Crippen LogP contribution in [0.1, 0.15) is 46.6 Å². The maximum Gasteiger partial charge on any atom is 0.494 e. The van der Waals surface area contributed by atoms with Crippen molar-refractivity contribution in [1.82, 2.24) is 4.90 Å². The third-order valence-corrected chi connectivity index (χ3v) is 5.50. The van der Waals surface area contributed by atoms with Gasteiger partial charge in [0.15, 0.2) is 0 Å². The van der Waals surface area contributed by atoms with E-state index in [1.54, 1.807) is 6.07 Å². The molecule has 0 aromatic heterocycles. The molecule has 0 N–H and O–H groups in total. The number of nitrogens with zero attached hydrogens (tertiary/aromatic N) is 1. The van der Waals surface area contributed by atoms with Gasteiger partial charge in [-0.05, 0) is 58.1 Å². The first-order valence-electron chi connectivity index (χ1n) is 8.54. The van der Waals surface area contributed by atoms with Crippen LogP contribution in [0, 0.1) is 11.7 Å². The fourth-order valence-corrected chi connectivity index (χ4v) is 3.23. The van der Waals surface area contributed by atoms with Gasteiger partial charge in [0.1, 0.15) is 5.82 Å². The Bertz CT molecular complexity index is 574. The van der Waals surface area contributed by atoms with Crippen LogP contribution in [0.4, 0.5) is 4.39 Å². The molecular formula is C18H27BFNO2. The zero-order valence-electron chi connectivity index (χ0n) is 14.9. The standard InChI is InChI=1S/C18H27BFNO2/c1-13-8-9-21(11-13)12-14-6-7-15(10-16(14)20)19-22-17(2,3)18(4,5)23-19/h6-7,10,13H,8-9,11-12H2,1-5H3. The lowest BCUT2D eigenvalue weighted by Gasteiger charge is -2.32. The number of benzene rings is 1. The summed E-state index contributed by atoms with van der Waals surface area (Å²) in [5, 5.41) is 0. The predicted molar refractivity (Wildman–Crippen MR) is 91.2 cm³/mol. The van der Waals surface area contributed by atoms with Crippen molar-refractivity contribution in [2.24, 2.45) is 5.92 Å². The minimum absolute atomic E-state index is 0.170. The Balaban J connectivity index is 1.73. The summed E-state index contributed by atoms with van der Waals surface area (Å²) in [6.07, 6.45) is 1.20. The Morgan fingerprint density at radius 1 is 1.22 bits per heavy atom. The molecule has 1 aromatic rings. The van der Waals surface area contributed by atoms with Gasteiger partial charge in [-0.1, -0.05) is 19.1 Å². The lowest BCUT2D eigenvalue weighted by molar-refractivity contribution is 0.00578. The molecule has 23 heavy (non-hydrogen) atoms. The second kappa shape index (κ2) is 5.87. The lowest BCUT2D eigenvalue weighted by atomic mass is 9.78. The minimum Gasteiger partial charge on any atom is -0.399 e. The highest BCUT2D eigenvalue weighted by molar-refractivity contribution is 6.62.